The van der Waals surface area contributed by atoms with Crippen LogP contribution in [0.4, 0.5) is 0 Å². The minimum absolute atomic E-state index is 0.0277. The molecule has 0 aliphatic carbocycles. The second kappa shape index (κ2) is 4.19. The first-order valence-electron chi connectivity index (χ1n) is 6.59. The highest BCUT2D eigenvalue weighted by atomic mass is 16.7. The molecule has 4 nitrogen and oxygen atoms in total. The molecular formula is C13H25NO3. The highest BCUT2D eigenvalue weighted by Gasteiger charge is 2.53. The van der Waals surface area contributed by atoms with E-state index in [0.29, 0.717) is 24.7 Å². The van der Waals surface area contributed by atoms with Crippen LogP contribution in [-0.2, 0) is 9.47 Å². The molecule has 0 saturated carbocycles. The van der Waals surface area contributed by atoms with E-state index in [-0.39, 0.29) is 23.4 Å². The van der Waals surface area contributed by atoms with Crippen LogP contribution in [0.1, 0.15) is 41.0 Å². The van der Waals surface area contributed by atoms with E-state index in [9.17, 15) is 5.21 Å². The lowest BCUT2D eigenvalue weighted by atomic mass is 9.81. The number of hydrogen-bond acceptors (Lipinski definition) is 3. The Kier molecular flexibility index (Phi) is 3.28. The van der Waals surface area contributed by atoms with Crippen LogP contribution < -0.4 is 5.06 Å². The smallest absolute Gasteiger partial charge is 0.182 e. The molecule has 0 aromatic heterocycles. The maximum atomic E-state index is 12.0. The van der Waals surface area contributed by atoms with Crippen LogP contribution in [0.25, 0.3) is 0 Å². The molecule has 2 rings (SSSR count). The van der Waals surface area contributed by atoms with Gasteiger partial charge >= 0.3 is 0 Å². The maximum absolute atomic E-state index is 12.0. The Balaban J connectivity index is 2.15. The molecule has 4 unspecified atom stereocenters. The van der Waals surface area contributed by atoms with E-state index in [0.717, 1.165) is 0 Å². The molecular weight excluding hydrogens is 218 g/mol. The van der Waals surface area contributed by atoms with Gasteiger partial charge < -0.3 is 19.7 Å². The Morgan fingerprint density at radius 3 is 2.18 bits per heavy atom. The minimum atomic E-state index is -0.526. The fourth-order valence-electron chi connectivity index (χ4n) is 2.89. The van der Waals surface area contributed by atoms with Crippen LogP contribution >= 0.6 is 0 Å². The van der Waals surface area contributed by atoms with Crippen molar-refractivity contribution < 1.29 is 14.5 Å². The zero-order valence-corrected chi connectivity index (χ0v) is 11.6. The number of quaternary nitrogens is 1. The van der Waals surface area contributed by atoms with Crippen LogP contribution in [0.5, 0.6) is 0 Å². The molecule has 4 atom stereocenters. The largest absolute Gasteiger partial charge is 0.634 e. The quantitative estimate of drug-likeness (QED) is 0.644. The van der Waals surface area contributed by atoms with Crippen LogP contribution in [0.15, 0.2) is 0 Å². The third kappa shape index (κ3) is 2.24. The van der Waals surface area contributed by atoms with Gasteiger partial charge in [0.15, 0.2) is 5.79 Å². The standard InChI is InChI=1S/C13H25NO3/c1-9-6-13(10(2)11(3)14(9)15)16-7-12(4,5)8-17-13/h9-11,14H,6-8H2,1-5H3. The normalized spacial score (nSPS) is 44.8. The predicted octanol–water partition coefficient (Wildman–Crippen LogP) is 0.955. The number of piperidine rings is 1. The van der Waals surface area contributed by atoms with Crippen LogP contribution in [0, 0.1) is 16.5 Å². The lowest BCUT2D eigenvalue weighted by molar-refractivity contribution is -0.914. The van der Waals surface area contributed by atoms with Crippen molar-refractivity contribution in [3.05, 3.63) is 5.21 Å². The van der Waals surface area contributed by atoms with Gasteiger partial charge in [-0.25, -0.2) is 0 Å². The van der Waals surface area contributed by atoms with E-state index in [1.807, 2.05) is 13.8 Å². The maximum Gasteiger partial charge on any atom is 0.182 e. The lowest BCUT2D eigenvalue weighted by Gasteiger charge is -2.55. The molecule has 0 bridgehead atoms. The number of nitrogens with one attached hydrogen (secondary N) is 1. The van der Waals surface area contributed by atoms with Gasteiger partial charge in [-0.3, -0.25) is 0 Å². The highest BCUT2D eigenvalue weighted by molar-refractivity contribution is 4.90. The van der Waals surface area contributed by atoms with Crippen molar-refractivity contribution in [2.75, 3.05) is 13.2 Å². The van der Waals surface area contributed by atoms with Gasteiger partial charge in [-0.1, -0.05) is 20.8 Å². The van der Waals surface area contributed by atoms with Crippen molar-refractivity contribution in [2.45, 2.75) is 58.9 Å². The molecule has 2 aliphatic rings. The summed E-state index contributed by atoms with van der Waals surface area (Å²) in [6.45, 7) is 11.8. The molecule has 17 heavy (non-hydrogen) atoms. The Morgan fingerprint density at radius 2 is 1.65 bits per heavy atom. The van der Waals surface area contributed by atoms with Gasteiger partial charge in [0.05, 0.1) is 37.6 Å². The second-order valence-corrected chi connectivity index (χ2v) is 6.64. The summed E-state index contributed by atoms with van der Waals surface area (Å²) >= 11 is 0. The first-order chi connectivity index (χ1) is 7.77. The summed E-state index contributed by atoms with van der Waals surface area (Å²) in [7, 11) is 0. The number of rotatable bonds is 0. The summed E-state index contributed by atoms with van der Waals surface area (Å²) in [6, 6.07) is 0.0716. The zero-order valence-electron chi connectivity index (χ0n) is 11.6. The van der Waals surface area contributed by atoms with Gasteiger partial charge in [0.1, 0.15) is 0 Å². The van der Waals surface area contributed by atoms with Crippen molar-refractivity contribution in [2.24, 2.45) is 11.3 Å². The topological polar surface area (TPSA) is 46.0 Å². The molecule has 0 amide bonds. The Hall–Kier alpha value is -0.160. The van der Waals surface area contributed by atoms with E-state index < -0.39 is 5.79 Å². The molecule has 2 saturated heterocycles. The number of hydroxylamine groups is 2. The average Bonchev–Trinajstić information content (AvgIpc) is 2.28. The van der Waals surface area contributed by atoms with Crippen molar-refractivity contribution in [1.29, 1.82) is 0 Å². The van der Waals surface area contributed by atoms with Gasteiger partial charge in [-0.05, 0) is 13.8 Å². The summed E-state index contributed by atoms with van der Waals surface area (Å²) in [5.41, 5.74) is 0.0822. The zero-order chi connectivity index (χ0) is 12.8. The van der Waals surface area contributed by atoms with E-state index >= 15 is 0 Å². The Bertz CT molecular complexity index is 282. The summed E-state index contributed by atoms with van der Waals surface area (Å²) in [6.07, 6.45) is 0.702. The van der Waals surface area contributed by atoms with Crippen molar-refractivity contribution >= 4 is 0 Å². The van der Waals surface area contributed by atoms with E-state index in [4.69, 9.17) is 9.47 Å². The molecule has 4 heteroatoms. The first kappa shape index (κ1) is 13.3. The average molecular weight is 243 g/mol. The fourth-order valence-corrected chi connectivity index (χ4v) is 2.89. The molecule has 1 spiro atoms. The van der Waals surface area contributed by atoms with Crippen molar-refractivity contribution in [3.63, 3.8) is 0 Å². The van der Waals surface area contributed by atoms with Gasteiger partial charge in [0, 0.05) is 5.41 Å². The third-order valence-corrected chi connectivity index (χ3v) is 4.38. The molecule has 0 aromatic rings. The summed E-state index contributed by atoms with van der Waals surface area (Å²) in [5.74, 6) is -0.385. The van der Waals surface area contributed by atoms with Gasteiger partial charge in [0.25, 0.3) is 0 Å². The number of hydrogen-bond donors (Lipinski definition) is 1. The van der Waals surface area contributed by atoms with Crippen LogP contribution in [0.3, 0.4) is 0 Å². The molecule has 2 fully saturated rings. The van der Waals surface area contributed by atoms with Crippen molar-refractivity contribution in [1.82, 2.24) is 0 Å². The minimum Gasteiger partial charge on any atom is -0.634 e. The molecule has 1 N–H and O–H groups in total. The van der Waals surface area contributed by atoms with E-state index in [1.165, 1.54) is 0 Å². The van der Waals surface area contributed by atoms with Crippen molar-refractivity contribution in [3.8, 4) is 0 Å². The summed E-state index contributed by atoms with van der Waals surface area (Å²) in [5, 5.41) is 12.3. The SMILES string of the molecule is CC1CC2(OCC(C)(C)CO2)C(C)C(C)[NH+]1[O-]. The monoisotopic (exact) mass is 243 g/mol. The van der Waals surface area contributed by atoms with Gasteiger partial charge in [-0.15, -0.1) is 0 Å². The third-order valence-electron chi connectivity index (χ3n) is 4.38. The molecule has 0 radical (unpaired) electrons. The Labute approximate surface area is 104 Å². The first-order valence-corrected chi connectivity index (χ1v) is 6.59. The van der Waals surface area contributed by atoms with E-state index in [2.05, 4.69) is 20.8 Å². The molecule has 0 aromatic carbocycles. The predicted molar refractivity (Wildman–Crippen MR) is 65.5 cm³/mol. The van der Waals surface area contributed by atoms with Gasteiger partial charge in [-0.2, -0.15) is 0 Å². The lowest BCUT2D eigenvalue weighted by Crippen LogP contribution is -3.17. The molecule has 2 aliphatic heterocycles. The molecule has 2 heterocycles. The van der Waals surface area contributed by atoms with Gasteiger partial charge in [0.2, 0.25) is 0 Å². The van der Waals surface area contributed by atoms with Crippen LogP contribution in [0.2, 0.25) is 0 Å². The van der Waals surface area contributed by atoms with E-state index in [1.54, 1.807) is 0 Å². The second-order valence-electron chi connectivity index (χ2n) is 6.64. The highest BCUT2D eigenvalue weighted by Crippen LogP contribution is 2.39. The molecule has 100 valence electrons. The number of ether oxygens (including phenoxy) is 2. The summed E-state index contributed by atoms with van der Waals surface area (Å²) in [4.78, 5) is 0. The van der Waals surface area contributed by atoms with Crippen LogP contribution in [-0.4, -0.2) is 31.1 Å². The Morgan fingerprint density at radius 1 is 1.12 bits per heavy atom. The summed E-state index contributed by atoms with van der Waals surface area (Å²) < 4.78 is 12.1. The fraction of sp³-hybridized carbons (Fsp3) is 1.00.